The molecule has 0 saturated carbocycles. The van der Waals surface area contributed by atoms with E-state index >= 15 is 0 Å². The number of hydrogen-bond donors (Lipinski definition) is 1. The average Bonchev–Trinajstić information content (AvgIpc) is 2.42. The number of rotatable bonds is 5. The van der Waals surface area contributed by atoms with Gasteiger partial charge in [-0.1, -0.05) is 11.6 Å². The normalized spacial score (nSPS) is 11.8. The van der Waals surface area contributed by atoms with Crippen LogP contribution in [0.3, 0.4) is 0 Å². The zero-order valence-electron chi connectivity index (χ0n) is 12.4. The predicted octanol–water partition coefficient (Wildman–Crippen LogP) is 3.44. The first kappa shape index (κ1) is 19.0. The highest BCUT2D eigenvalue weighted by Crippen LogP contribution is 2.32. The maximum Gasteiger partial charge on any atom is 0.416 e. The van der Waals surface area contributed by atoms with Crippen LogP contribution in [0.2, 0.25) is 5.02 Å². The molecule has 23 heavy (non-hydrogen) atoms. The number of hydrogen-bond acceptors (Lipinski definition) is 3. The number of carbonyl (C=O) groups is 2. The number of benzene rings is 1. The first-order valence-corrected chi connectivity index (χ1v) is 6.99. The minimum atomic E-state index is -4.50. The number of carbonyl (C=O) groups excluding carboxylic acids is 2. The summed E-state index contributed by atoms with van der Waals surface area (Å²) in [6.07, 6.45) is -2.68. The van der Waals surface area contributed by atoms with E-state index in [1.165, 1.54) is 0 Å². The molecule has 0 aliphatic heterocycles. The van der Waals surface area contributed by atoms with Gasteiger partial charge in [0.25, 0.3) is 0 Å². The van der Waals surface area contributed by atoms with Crippen molar-refractivity contribution in [3.63, 3.8) is 0 Å². The summed E-state index contributed by atoms with van der Waals surface area (Å²) in [6, 6.07) is 2.78. The second-order valence-electron chi connectivity index (χ2n) is 4.82. The van der Waals surface area contributed by atoms with Crippen molar-refractivity contribution in [2.24, 2.45) is 0 Å². The molecule has 1 N–H and O–H groups in total. The second-order valence-corrected chi connectivity index (χ2v) is 5.23. The third-order valence-corrected chi connectivity index (χ3v) is 2.86. The molecule has 1 aromatic rings. The van der Waals surface area contributed by atoms with Crippen molar-refractivity contribution in [3.05, 3.63) is 40.4 Å². The van der Waals surface area contributed by atoms with Gasteiger partial charge < -0.3 is 10.1 Å². The molecule has 0 aliphatic rings. The van der Waals surface area contributed by atoms with Crippen molar-refractivity contribution in [3.8, 4) is 0 Å². The van der Waals surface area contributed by atoms with Crippen LogP contribution in [0.4, 0.5) is 13.2 Å². The van der Waals surface area contributed by atoms with E-state index in [1.54, 1.807) is 13.8 Å². The Hall–Kier alpha value is -2.02. The summed E-state index contributed by atoms with van der Waals surface area (Å²) in [5, 5.41) is 2.33. The van der Waals surface area contributed by atoms with Crippen LogP contribution in [-0.2, 0) is 20.5 Å². The molecule has 4 nitrogen and oxygen atoms in total. The molecule has 1 amide bonds. The summed E-state index contributed by atoms with van der Waals surface area (Å²) < 4.78 is 42.7. The molecule has 0 aliphatic carbocycles. The molecule has 126 valence electrons. The molecule has 0 aromatic heterocycles. The Bertz CT molecular complexity index is 612. The lowest BCUT2D eigenvalue weighted by Crippen LogP contribution is -2.30. The number of nitrogens with one attached hydrogen (secondary N) is 1. The average molecular weight is 350 g/mol. The fourth-order valence-electron chi connectivity index (χ4n) is 1.54. The molecule has 0 radical (unpaired) electrons. The number of amides is 1. The van der Waals surface area contributed by atoms with Gasteiger partial charge in [-0.15, -0.1) is 0 Å². The molecular formula is C15H15ClF3NO3. The monoisotopic (exact) mass is 349 g/mol. The van der Waals surface area contributed by atoms with E-state index < -0.39 is 23.6 Å². The summed E-state index contributed by atoms with van der Waals surface area (Å²) >= 11 is 5.79. The Morgan fingerprint density at radius 2 is 2.00 bits per heavy atom. The number of ether oxygens (including phenoxy) is 1. The van der Waals surface area contributed by atoms with Gasteiger partial charge in [0.1, 0.15) is 6.54 Å². The minimum Gasteiger partial charge on any atom is -0.462 e. The van der Waals surface area contributed by atoms with Crippen molar-refractivity contribution < 1.29 is 27.5 Å². The van der Waals surface area contributed by atoms with Crippen LogP contribution >= 0.6 is 11.6 Å². The quantitative estimate of drug-likeness (QED) is 0.654. The maximum absolute atomic E-state index is 12.6. The van der Waals surface area contributed by atoms with Crippen molar-refractivity contribution in [1.82, 2.24) is 5.32 Å². The Morgan fingerprint density at radius 3 is 2.57 bits per heavy atom. The van der Waals surface area contributed by atoms with E-state index in [9.17, 15) is 22.8 Å². The molecule has 0 atom stereocenters. The molecule has 0 unspecified atom stereocenters. The maximum atomic E-state index is 12.6. The van der Waals surface area contributed by atoms with Crippen molar-refractivity contribution in [2.75, 3.05) is 6.54 Å². The summed E-state index contributed by atoms with van der Waals surface area (Å²) in [6.45, 7) is 2.99. The zero-order chi connectivity index (χ0) is 17.6. The lowest BCUT2D eigenvalue weighted by atomic mass is 10.1. The van der Waals surface area contributed by atoms with E-state index in [-0.39, 0.29) is 23.2 Å². The first-order chi connectivity index (χ1) is 10.6. The van der Waals surface area contributed by atoms with E-state index in [1.807, 2.05) is 0 Å². The van der Waals surface area contributed by atoms with Crippen LogP contribution < -0.4 is 5.32 Å². The van der Waals surface area contributed by atoms with Gasteiger partial charge in [-0.3, -0.25) is 9.59 Å². The van der Waals surface area contributed by atoms with Crippen molar-refractivity contribution >= 4 is 29.6 Å². The lowest BCUT2D eigenvalue weighted by molar-refractivity contribution is -0.147. The number of alkyl halides is 3. The SMILES string of the molecule is CC(C)OC(=O)CNC(=O)/C=C/c1cc(C(F)(F)F)ccc1Cl. The van der Waals surface area contributed by atoms with Gasteiger partial charge >= 0.3 is 12.1 Å². The Morgan fingerprint density at radius 1 is 1.35 bits per heavy atom. The molecule has 0 spiro atoms. The highest BCUT2D eigenvalue weighted by Gasteiger charge is 2.30. The van der Waals surface area contributed by atoms with Crippen LogP contribution in [0.15, 0.2) is 24.3 Å². The largest absolute Gasteiger partial charge is 0.462 e. The topological polar surface area (TPSA) is 55.4 Å². The lowest BCUT2D eigenvalue weighted by Gasteiger charge is -2.08. The smallest absolute Gasteiger partial charge is 0.416 e. The van der Waals surface area contributed by atoms with E-state index in [0.29, 0.717) is 0 Å². The fourth-order valence-corrected chi connectivity index (χ4v) is 1.72. The zero-order valence-corrected chi connectivity index (χ0v) is 13.2. The molecular weight excluding hydrogens is 335 g/mol. The third-order valence-electron chi connectivity index (χ3n) is 2.51. The van der Waals surface area contributed by atoms with Crippen LogP contribution in [-0.4, -0.2) is 24.5 Å². The Labute approximate surface area is 136 Å². The number of esters is 1. The first-order valence-electron chi connectivity index (χ1n) is 6.61. The summed E-state index contributed by atoms with van der Waals surface area (Å²) in [5.41, 5.74) is -0.830. The van der Waals surface area contributed by atoms with Crippen molar-refractivity contribution in [2.45, 2.75) is 26.1 Å². The molecule has 8 heteroatoms. The molecule has 0 heterocycles. The van der Waals surface area contributed by atoms with Crippen molar-refractivity contribution in [1.29, 1.82) is 0 Å². The third kappa shape index (κ3) is 6.73. The van der Waals surface area contributed by atoms with Gasteiger partial charge in [0.05, 0.1) is 11.7 Å². The summed E-state index contributed by atoms with van der Waals surface area (Å²) in [7, 11) is 0. The highest BCUT2D eigenvalue weighted by molar-refractivity contribution is 6.32. The Balaban J connectivity index is 2.70. The predicted molar refractivity (Wildman–Crippen MR) is 79.7 cm³/mol. The summed E-state index contributed by atoms with van der Waals surface area (Å²) in [5.74, 6) is -1.27. The van der Waals surface area contributed by atoms with Crippen LogP contribution in [0.5, 0.6) is 0 Å². The molecule has 0 bridgehead atoms. The van der Waals surface area contributed by atoms with Gasteiger partial charge in [-0.25, -0.2) is 0 Å². The van der Waals surface area contributed by atoms with Gasteiger partial charge in [-0.05, 0) is 43.7 Å². The molecule has 0 fully saturated rings. The van der Waals surface area contributed by atoms with E-state index in [4.69, 9.17) is 16.3 Å². The second kappa shape index (κ2) is 8.01. The van der Waals surface area contributed by atoms with E-state index in [0.717, 1.165) is 30.4 Å². The standard InChI is InChI=1S/C15H15ClF3NO3/c1-9(2)23-14(22)8-20-13(21)6-3-10-7-11(15(17,18)19)4-5-12(10)16/h3-7,9H,8H2,1-2H3,(H,20,21)/b6-3+. The highest BCUT2D eigenvalue weighted by atomic mass is 35.5. The van der Waals surface area contributed by atoms with Gasteiger partial charge in [-0.2, -0.15) is 13.2 Å². The van der Waals surface area contributed by atoms with Crippen LogP contribution in [0, 0.1) is 0 Å². The van der Waals surface area contributed by atoms with Crippen LogP contribution in [0.1, 0.15) is 25.0 Å². The molecule has 1 aromatic carbocycles. The van der Waals surface area contributed by atoms with Crippen LogP contribution in [0.25, 0.3) is 6.08 Å². The minimum absolute atomic E-state index is 0.0430. The van der Waals surface area contributed by atoms with Gasteiger partial charge in [0, 0.05) is 11.1 Å². The molecule has 1 rings (SSSR count). The van der Waals surface area contributed by atoms with Gasteiger partial charge in [0.2, 0.25) is 5.91 Å². The van der Waals surface area contributed by atoms with E-state index in [2.05, 4.69) is 5.32 Å². The fraction of sp³-hybridized carbons (Fsp3) is 0.333. The summed E-state index contributed by atoms with van der Waals surface area (Å²) in [4.78, 5) is 22.8. The molecule has 0 saturated heterocycles. The number of halogens is 4. The van der Waals surface area contributed by atoms with Gasteiger partial charge in [0.15, 0.2) is 0 Å². The Kier molecular flexibility index (Phi) is 6.62.